The van der Waals surface area contributed by atoms with Crippen molar-refractivity contribution >= 4 is 46.2 Å². The van der Waals surface area contributed by atoms with E-state index < -0.39 is 11.8 Å². The van der Waals surface area contributed by atoms with Gasteiger partial charge in [0.25, 0.3) is 11.8 Å². The van der Waals surface area contributed by atoms with Crippen molar-refractivity contribution in [3.63, 3.8) is 0 Å². The van der Waals surface area contributed by atoms with Gasteiger partial charge in [0, 0.05) is 9.13 Å². The lowest BCUT2D eigenvalue weighted by Crippen LogP contribution is -2.35. The number of para-hydroxylation sites is 1. The van der Waals surface area contributed by atoms with Gasteiger partial charge in [-0.1, -0.05) is 12.1 Å². The number of hydrogen-bond donors (Lipinski definition) is 2. The van der Waals surface area contributed by atoms with Crippen LogP contribution in [0.25, 0.3) is 6.08 Å². The lowest BCUT2D eigenvalue weighted by molar-refractivity contribution is -0.117. The quantitative estimate of drug-likeness (QED) is 0.441. The van der Waals surface area contributed by atoms with Gasteiger partial charge in [0.15, 0.2) is 11.5 Å². The summed E-state index contributed by atoms with van der Waals surface area (Å²) >= 11 is 2.16. The van der Waals surface area contributed by atoms with Crippen molar-refractivity contribution in [3.05, 3.63) is 57.2 Å². The summed E-state index contributed by atoms with van der Waals surface area (Å²) in [5, 5.41) is 11.3. The van der Waals surface area contributed by atoms with Crippen molar-refractivity contribution in [2.24, 2.45) is 0 Å². The molecule has 2 aromatic carbocycles. The predicted molar refractivity (Wildman–Crippen MR) is 97.4 cm³/mol. The Morgan fingerprint density at radius 1 is 1.17 bits per heavy atom. The Morgan fingerprint density at radius 3 is 2.54 bits per heavy atom. The Balaban J connectivity index is 1.96. The van der Waals surface area contributed by atoms with E-state index in [1.165, 1.54) is 18.2 Å². The molecule has 0 spiro atoms. The van der Waals surface area contributed by atoms with Gasteiger partial charge >= 0.3 is 0 Å². The molecule has 2 N–H and O–H groups in total. The lowest BCUT2D eigenvalue weighted by Gasteiger charge is -2.14. The van der Waals surface area contributed by atoms with Gasteiger partial charge in [-0.3, -0.25) is 15.0 Å². The third-order valence-corrected chi connectivity index (χ3v) is 4.25. The van der Waals surface area contributed by atoms with Gasteiger partial charge in [0.05, 0.1) is 12.8 Å². The summed E-state index contributed by atoms with van der Waals surface area (Å²) in [5.74, 6) is -0.866. The zero-order valence-corrected chi connectivity index (χ0v) is 14.8. The Hall–Kier alpha value is -2.55. The second-order valence-corrected chi connectivity index (χ2v) is 6.26. The van der Waals surface area contributed by atoms with Gasteiger partial charge in [0.1, 0.15) is 5.57 Å². The van der Waals surface area contributed by atoms with E-state index in [2.05, 4.69) is 28.0 Å². The molecule has 122 valence electrons. The van der Waals surface area contributed by atoms with Crippen molar-refractivity contribution in [3.8, 4) is 11.5 Å². The average molecular weight is 436 g/mol. The van der Waals surface area contributed by atoms with Crippen LogP contribution in [0.4, 0.5) is 5.69 Å². The topological polar surface area (TPSA) is 78.9 Å². The van der Waals surface area contributed by atoms with Crippen LogP contribution in [0.3, 0.4) is 0 Å². The third kappa shape index (κ3) is 2.94. The average Bonchev–Trinajstić information content (AvgIpc) is 2.85. The van der Waals surface area contributed by atoms with Crippen LogP contribution in [0.2, 0.25) is 0 Å². The molecule has 2 aromatic rings. The fourth-order valence-electron chi connectivity index (χ4n) is 2.31. The highest BCUT2D eigenvalue weighted by atomic mass is 127. The molecule has 1 fully saturated rings. The molecule has 1 heterocycles. The van der Waals surface area contributed by atoms with Crippen LogP contribution in [0, 0.1) is 3.57 Å². The van der Waals surface area contributed by atoms with E-state index in [0.717, 1.165) is 3.57 Å². The number of ether oxygens (including phenoxy) is 1. The number of halogens is 1. The maximum absolute atomic E-state index is 12.5. The number of phenolic OH excluding ortho intramolecular Hbond substituents is 1. The van der Waals surface area contributed by atoms with Crippen LogP contribution in [0.1, 0.15) is 5.56 Å². The van der Waals surface area contributed by atoms with E-state index in [4.69, 9.17) is 4.74 Å². The number of aromatic hydroxyl groups is 1. The molecular formula is C17H13IN2O4. The highest BCUT2D eigenvalue weighted by molar-refractivity contribution is 14.1. The number of hydrazine groups is 1. The number of nitrogens with one attached hydrogen (secondary N) is 1. The van der Waals surface area contributed by atoms with E-state index >= 15 is 0 Å². The number of anilines is 1. The van der Waals surface area contributed by atoms with Crippen LogP contribution < -0.4 is 15.2 Å². The smallest absolute Gasteiger partial charge is 0.282 e. The maximum Gasteiger partial charge on any atom is 0.282 e. The minimum Gasteiger partial charge on any atom is -0.504 e. The van der Waals surface area contributed by atoms with Crippen LogP contribution in [-0.2, 0) is 9.59 Å². The zero-order chi connectivity index (χ0) is 17.3. The van der Waals surface area contributed by atoms with Crippen LogP contribution >= 0.6 is 22.6 Å². The summed E-state index contributed by atoms with van der Waals surface area (Å²) in [5.41, 5.74) is 3.35. The predicted octanol–water partition coefficient (Wildman–Crippen LogP) is 2.47. The fourth-order valence-corrected chi connectivity index (χ4v) is 2.66. The van der Waals surface area contributed by atoms with Crippen molar-refractivity contribution in [2.75, 3.05) is 12.1 Å². The number of rotatable bonds is 3. The first-order valence-electron chi connectivity index (χ1n) is 7.00. The van der Waals surface area contributed by atoms with Gasteiger partial charge in [-0.25, -0.2) is 5.01 Å². The van der Waals surface area contributed by atoms with Crippen molar-refractivity contribution < 1.29 is 19.4 Å². The number of amides is 2. The highest BCUT2D eigenvalue weighted by Crippen LogP contribution is 2.32. The molecule has 3 rings (SSSR count). The number of methoxy groups -OCH3 is 1. The molecule has 0 atom stereocenters. The van der Waals surface area contributed by atoms with E-state index in [1.807, 2.05) is 12.1 Å². The Morgan fingerprint density at radius 2 is 1.88 bits per heavy atom. The first-order valence-corrected chi connectivity index (χ1v) is 8.08. The molecule has 6 nitrogen and oxygen atoms in total. The lowest BCUT2D eigenvalue weighted by atomic mass is 10.1. The number of nitrogens with zero attached hydrogens (tertiary/aromatic N) is 1. The second kappa shape index (κ2) is 6.52. The summed E-state index contributed by atoms with van der Waals surface area (Å²) in [6, 6.07) is 12.0. The summed E-state index contributed by atoms with van der Waals surface area (Å²) < 4.78 is 6.05. The SMILES string of the molecule is COc1cccc(/C=C2/C(=O)NN(c3ccc(I)cc3)C2=O)c1O. The molecule has 1 saturated heterocycles. The first kappa shape index (κ1) is 16.3. The van der Waals surface area contributed by atoms with Gasteiger partial charge < -0.3 is 9.84 Å². The maximum atomic E-state index is 12.5. The van der Waals surface area contributed by atoms with Gasteiger partial charge in [-0.15, -0.1) is 0 Å². The molecule has 0 aromatic heterocycles. The second-order valence-electron chi connectivity index (χ2n) is 5.01. The number of phenols is 1. The standard InChI is InChI=1S/C17H13IN2O4/c1-24-14-4-2-3-10(15(14)21)9-13-16(22)19-20(17(13)23)12-7-5-11(18)6-8-12/h2-9,21H,1H3,(H,19,22)/b13-9-. The van der Waals surface area contributed by atoms with Crippen molar-refractivity contribution in [1.29, 1.82) is 0 Å². The fraction of sp³-hybridized carbons (Fsp3) is 0.0588. The Labute approximate surface area is 151 Å². The summed E-state index contributed by atoms with van der Waals surface area (Å²) in [6.45, 7) is 0. The number of hydrogen-bond acceptors (Lipinski definition) is 4. The number of carbonyl (C=O) groups excluding carboxylic acids is 2. The van der Waals surface area contributed by atoms with E-state index in [0.29, 0.717) is 11.3 Å². The molecule has 0 bridgehead atoms. The summed E-state index contributed by atoms with van der Waals surface area (Å²) in [7, 11) is 1.43. The van der Waals surface area contributed by atoms with E-state index in [9.17, 15) is 14.7 Å². The Kier molecular flexibility index (Phi) is 4.43. The first-order chi connectivity index (χ1) is 11.5. The molecule has 0 aliphatic carbocycles. The number of carbonyl (C=O) groups is 2. The van der Waals surface area contributed by atoms with Gasteiger partial charge in [-0.05, 0) is 59.0 Å². The minimum atomic E-state index is -0.527. The van der Waals surface area contributed by atoms with Crippen LogP contribution in [0.5, 0.6) is 11.5 Å². The molecule has 1 aliphatic rings. The molecule has 2 amide bonds. The van der Waals surface area contributed by atoms with Gasteiger partial charge in [0.2, 0.25) is 0 Å². The van der Waals surface area contributed by atoms with Crippen LogP contribution in [-0.4, -0.2) is 24.0 Å². The summed E-state index contributed by atoms with van der Waals surface area (Å²) in [4.78, 5) is 24.7. The van der Waals surface area contributed by atoms with Crippen molar-refractivity contribution in [2.45, 2.75) is 0 Å². The highest BCUT2D eigenvalue weighted by Gasteiger charge is 2.34. The molecule has 0 radical (unpaired) electrons. The monoisotopic (exact) mass is 436 g/mol. The summed E-state index contributed by atoms with van der Waals surface area (Å²) in [6.07, 6.45) is 1.35. The van der Waals surface area contributed by atoms with Crippen LogP contribution in [0.15, 0.2) is 48.0 Å². The Bertz CT molecular complexity index is 846. The van der Waals surface area contributed by atoms with Crippen molar-refractivity contribution in [1.82, 2.24) is 5.43 Å². The number of benzene rings is 2. The zero-order valence-electron chi connectivity index (χ0n) is 12.6. The third-order valence-electron chi connectivity index (χ3n) is 3.53. The molecule has 1 aliphatic heterocycles. The van der Waals surface area contributed by atoms with E-state index in [-0.39, 0.29) is 17.1 Å². The largest absolute Gasteiger partial charge is 0.504 e. The minimum absolute atomic E-state index is 0.0582. The van der Waals surface area contributed by atoms with E-state index in [1.54, 1.807) is 30.3 Å². The van der Waals surface area contributed by atoms with Gasteiger partial charge in [-0.2, -0.15) is 0 Å². The molecule has 7 heteroatoms. The molecular weight excluding hydrogens is 423 g/mol. The normalized spacial score (nSPS) is 15.8. The molecule has 0 unspecified atom stereocenters. The molecule has 24 heavy (non-hydrogen) atoms. The molecule has 0 saturated carbocycles.